The minimum absolute atomic E-state index is 0.0300. The third-order valence-corrected chi connectivity index (χ3v) is 5.93. The maximum Gasteiger partial charge on any atom is 0.291 e. The van der Waals surface area contributed by atoms with Crippen LogP contribution in [0.5, 0.6) is 0 Å². The predicted octanol–water partition coefficient (Wildman–Crippen LogP) is 2.22. The molecular formula is C21H22ClN7O2. The number of aromatic nitrogens is 5. The summed E-state index contributed by atoms with van der Waals surface area (Å²) in [4.78, 5) is 31.3. The number of rotatable bonds is 5. The van der Waals surface area contributed by atoms with Crippen molar-refractivity contribution in [3.8, 4) is 0 Å². The van der Waals surface area contributed by atoms with Crippen LogP contribution in [0.1, 0.15) is 47.1 Å². The Morgan fingerprint density at radius 2 is 1.97 bits per heavy atom. The molecule has 1 aliphatic carbocycles. The third kappa shape index (κ3) is 4.05. The quantitative estimate of drug-likeness (QED) is 0.657. The Morgan fingerprint density at radius 3 is 2.71 bits per heavy atom. The molecule has 1 aliphatic heterocycles. The average Bonchev–Trinajstić information content (AvgIpc) is 3.38. The van der Waals surface area contributed by atoms with Crippen molar-refractivity contribution in [3.63, 3.8) is 0 Å². The highest BCUT2D eigenvalue weighted by Crippen LogP contribution is 2.40. The van der Waals surface area contributed by atoms with Gasteiger partial charge in [-0.3, -0.25) is 14.5 Å². The van der Waals surface area contributed by atoms with Crippen molar-refractivity contribution in [1.29, 1.82) is 0 Å². The first-order valence-electron chi connectivity index (χ1n) is 10.3. The van der Waals surface area contributed by atoms with Crippen LogP contribution >= 0.6 is 11.6 Å². The van der Waals surface area contributed by atoms with E-state index >= 15 is 0 Å². The number of hydrogen-bond acceptors (Lipinski definition) is 5. The molecule has 2 amide bonds. The van der Waals surface area contributed by atoms with Crippen LogP contribution in [0.4, 0.5) is 5.82 Å². The number of carbonyl (C=O) groups is 2. The zero-order valence-electron chi connectivity index (χ0n) is 17.0. The van der Waals surface area contributed by atoms with Crippen LogP contribution < -0.4 is 10.2 Å². The van der Waals surface area contributed by atoms with E-state index in [4.69, 9.17) is 11.6 Å². The normalized spacial score (nSPS) is 18.6. The molecule has 3 aromatic rings. The molecule has 160 valence electrons. The Balaban J connectivity index is 1.25. The summed E-state index contributed by atoms with van der Waals surface area (Å²) in [5.74, 6) is 0.679. The summed E-state index contributed by atoms with van der Waals surface area (Å²) in [7, 11) is 1.72. The van der Waals surface area contributed by atoms with Gasteiger partial charge >= 0.3 is 0 Å². The van der Waals surface area contributed by atoms with E-state index in [9.17, 15) is 9.59 Å². The van der Waals surface area contributed by atoms with Gasteiger partial charge in [-0.1, -0.05) is 23.7 Å². The summed E-state index contributed by atoms with van der Waals surface area (Å²) in [6.45, 7) is 1.02. The molecular weight excluding hydrogens is 418 g/mol. The molecule has 1 atom stereocenters. The molecule has 1 N–H and O–H groups in total. The van der Waals surface area contributed by atoms with Crippen molar-refractivity contribution >= 4 is 29.2 Å². The molecule has 0 spiro atoms. The highest BCUT2D eigenvalue weighted by atomic mass is 35.5. The minimum atomic E-state index is -0.660. The number of carbonyl (C=O) groups excluding carboxylic acids is 2. The monoisotopic (exact) mass is 439 g/mol. The van der Waals surface area contributed by atoms with E-state index in [1.165, 1.54) is 6.33 Å². The molecule has 0 bridgehead atoms. The van der Waals surface area contributed by atoms with E-state index < -0.39 is 11.9 Å². The predicted molar refractivity (Wildman–Crippen MR) is 114 cm³/mol. The zero-order chi connectivity index (χ0) is 21.5. The van der Waals surface area contributed by atoms with Crippen molar-refractivity contribution in [2.75, 3.05) is 11.9 Å². The lowest BCUT2D eigenvalue weighted by Crippen LogP contribution is -2.47. The molecule has 1 unspecified atom stereocenters. The van der Waals surface area contributed by atoms with Crippen LogP contribution in [0.25, 0.3) is 0 Å². The van der Waals surface area contributed by atoms with Gasteiger partial charge < -0.3 is 5.32 Å². The Labute approximate surface area is 184 Å². The maximum atomic E-state index is 13.0. The maximum absolute atomic E-state index is 13.0. The Kier molecular flexibility index (Phi) is 4.97. The van der Waals surface area contributed by atoms with E-state index in [1.54, 1.807) is 28.8 Å². The van der Waals surface area contributed by atoms with Crippen molar-refractivity contribution < 1.29 is 9.59 Å². The summed E-state index contributed by atoms with van der Waals surface area (Å²) in [6.07, 6.45) is 4.27. The lowest BCUT2D eigenvalue weighted by atomic mass is 10.2. The summed E-state index contributed by atoms with van der Waals surface area (Å²) >= 11 is 5.91. The van der Waals surface area contributed by atoms with E-state index in [2.05, 4.69) is 20.5 Å². The van der Waals surface area contributed by atoms with Crippen molar-refractivity contribution in [3.05, 3.63) is 58.8 Å². The lowest BCUT2D eigenvalue weighted by molar-refractivity contribution is -0.120. The van der Waals surface area contributed by atoms with E-state index in [1.807, 2.05) is 22.9 Å². The highest BCUT2D eigenvalue weighted by Gasteiger charge is 2.34. The van der Waals surface area contributed by atoms with Gasteiger partial charge in [-0.25, -0.2) is 14.3 Å². The summed E-state index contributed by atoms with van der Waals surface area (Å²) in [5, 5.41) is 12.3. The van der Waals surface area contributed by atoms with Gasteiger partial charge in [0.05, 0.1) is 12.2 Å². The molecule has 31 heavy (non-hydrogen) atoms. The number of nitrogens with zero attached hydrogens (tertiary/aromatic N) is 6. The molecule has 1 fully saturated rings. The lowest BCUT2D eigenvalue weighted by Gasteiger charge is -2.19. The Bertz CT molecular complexity index is 1130. The van der Waals surface area contributed by atoms with Gasteiger partial charge in [-0.2, -0.15) is 5.10 Å². The largest absolute Gasteiger partial charge is 0.337 e. The van der Waals surface area contributed by atoms with Gasteiger partial charge in [0.25, 0.3) is 11.8 Å². The second kappa shape index (κ2) is 7.81. The zero-order valence-corrected chi connectivity index (χ0v) is 17.8. The van der Waals surface area contributed by atoms with Gasteiger partial charge in [0.15, 0.2) is 0 Å². The fraction of sp³-hybridized carbons (Fsp3) is 0.381. The topological polar surface area (TPSA) is 97.9 Å². The van der Waals surface area contributed by atoms with Crippen LogP contribution in [-0.2, 0) is 17.9 Å². The fourth-order valence-corrected chi connectivity index (χ4v) is 3.90. The number of fused-ring (bicyclic) bond motifs is 1. The van der Waals surface area contributed by atoms with E-state index in [0.29, 0.717) is 30.5 Å². The smallest absolute Gasteiger partial charge is 0.291 e. The summed E-state index contributed by atoms with van der Waals surface area (Å²) < 4.78 is 3.44. The first-order chi connectivity index (χ1) is 15.0. The first-order valence-corrected chi connectivity index (χ1v) is 10.7. The number of hydrogen-bond donors (Lipinski definition) is 1. The van der Waals surface area contributed by atoms with E-state index in [-0.39, 0.29) is 11.7 Å². The molecule has 1 saturated carbocycles. The highest BCUT2D eigenvalue weighted by molar-refractivity contribution is 6.30. The second-order valence-electron chi connectivity index (χ2n) is 8.03. The number of aryl methyl sites for hydroxylation is 1. The number of nitrogens with one attached hydrogen (secondary N) is 1. The molecule has 9 nitrogen and oxygen atoms in total. The number of anilines is 1. The Hall–Kier alpha value is -3.20. The SMILES string of the molecule is CN1C(=O)C(NC(=O)c2ncn(Cc3ccc(Cl)cc3)n2)CCn2nc(C3CC3)cc21. The standard InChI is InChI=1S/C21H22ClN7O2/c1-27-18-10-17(14-4-5-14)25-29(18)9-8-16(21(27)31)24-20(30)19-23-12-28(26-19)11-13-2-6-15(22)7-3-13/h2-3,6-7,10,12,14,16H,4-5,8-9,11H2,1H3,(H,24,30). The van der Waals surface area contributed by atoms with Crippen LogP contribution in [0.2, 0.25) is 5.02 Å². The number of amides is 2. The minimum Gasteiger partial charge on any atom is -0.337 e. The van der Waals surface area contributed by atoms with Crippen LogP contribution in [0.3, 0.4) is 0 Å². The Morgan fingerprint density at radius 1 is 1.19 bits per heavy atom. The molecule has 2 aliphatic rings. The number of halogens is 1. The molecule has 3 heterocycles. The molecule has 0 saturated heterocycles. The molecule has 2 aromatic heterocycles. The fourth-order valence-electron chi connectivity index (χ4n) is 3.77. The molecule has 10 heteroatoms. The number of likely N-dealkylation sites (N-methyl/N-ethyl adjacent to an activating group) is 1. The van der Waals surface area contributed by atoms with Crippen molar-refractivity contribution in [2.24, 2.45) is 0 Å². The van der Waals surface area contributed by atoms with Crippen molar-refractivity contribution in [2.45, 2.75) is 44.3 Å². The molecule has 5 rings (SSSR count). The van der Waals surface area contributed by atoms with Gasteiger partial charge in [0.1, 0.15) is 18.2 Å². The van der Waals surface area contributed by atoms with Crippen LogP contribution in [-0.4, -0.2) is 49.4 Å². The average molecular weight is 440 g/mol. The number of benzene rings is 1. The summed E-state index contributed by atoms with van der Waals surface area (Å²) in [5.41, 5.74) is 2.04. The van der Waals surface area contributed by atoms with Gasteiger partial charge in [0.2, 0.25) is 5.82 Å². The van der Waals surface area contributed by atoms with Gasteiger partial charge in [-0.15, -0.1) is 5.10 Å². The molecule has 1 aromatic carbocycles. The molecule has 0 radical (unpaired) electrons. The van der Waals surface area contributed by atoms with Crippen molar-refractivity contribution in [1.82, 2.24) is 29.9 Å². The second-order valence-corrected chi connectivity index (χ2v) is 8.47. The van der Waals surface area contributed by atoms with Gasteiger partial charge in [0, 0.05) is 30.6 Å². The van der Waals surface area contributed by atoms with E-state index in [0.717, 1.165) is 29.9 Å². The first kappa shape index (κ1) is 19.7. The van der Waals surface area contributed by atoms with Gasteiger partial charge in [-0.05, 0) is 37.0 Å². The van der Waals surface area contributed by atoms with Crippen LogP contribution in [0, 0.1) is 0 Å². The van der Waals surface area contributed by atoms with Crippen LogP contribution in [0.15, 0.2) is 36.7 Å². The summed E-state index contributed by atoms with van der Waals surface area (Å²) in [6, 6.07) is 8.71. The third-order valence-electron chi connectivity index (χ3n) is 5.68.